The number of nitrogens with zero attached hydrogens (tertiary/aromatic N) is 3. The molecule has 2 unspecified atom stereocenters. The van der Waals surface area contributed by atoms with E-state index in [0.717, 1.165) is 36.0 Å². The lowest BCUT2D eigenvalue weighted by Gasteiger charge is -2.28. The van der Waals surface area contributed by atoms with E-state index in [-0.39, 0.29) is 12.0 Å². The molecule has 2 atom stereocenters. The Morgan fingerprint density at radius 1 is 0.909 bits per heavy atom. The molecule has 4 rings (SSSR count). The second-order valence-electron chi connectivity index (χ2n) is 6.03. The number of fused-ring (bicyclic) bond motifs is 1. The molecule has 3 aromatic rings. The van der Waals surface area contributed by atoms with Crippen LogP contribution < -0.4 is 0 Å². The highest BCUT2D eigenvalue weighted by Gasteiger charge is 2.24. The second-order valence-corrected chi connectivity index (χ2v) is 6.03. The molecular formula is C18H19N3O. The molecule has 1 aliphatic rings. The summed E-state index contributed by atoms with van der Waals surface area (Å²) in [5.74, 6) is 0.235. The van der Waals surface area contributed by atoms with Gasteiger partial charge in [-0.3, -0.25) is 0 Å². The number of hydrogen-bond donors (Lipinski definition) is 1. The summed E-state index contributed by atoms with van der Waals surface area (Å²) in [5, 5.41) is 19.3. The van der Waals surface area contributed by atoms with Gasteiger partial charge in [-0.05, 0) is 42.7 Å². The maximum Gasteiger partial charge on any atom is 0.113 e. The molecule has 112 valence electrons. The maximum absolute atomic E-state index is 10.3. The zero-order chi connectivity index (χ0) is 14.9. The molecular weight excluding hydrogens is 274 g/mol. The summed E-state index contributed by atoms with van der Waals surface area (Å²) in [5.41, 5.74) is 3.92. The monoisotopic (exact) mass is 293 g/mol. The molecule has 1 heterocycles. The third-order valence-corrected chi connectivity index (χ3v) is 4.55. The first kappa shape index (κ1) is 13.5. The summed E-state index contributed by atoms with van der Waals surface area (Å²) >= 11 is 0. The topological polar surface area (TPSA) is 50.9 Å². The van der Waals surface area contributed by atoms with Crippen LogP contribution in [0.1, 0.15) is 37.2 Å². The average Bonchev–Trinajstić information content (AvgIpc) is 2.99. The van der Waals surface area contributed by atoms with Crippen LogP contribution in [0.25, 0.3) is 16.7 Å². The van der Waals surface area contributed by atoms with Gasteiger partial charge < -0.3 is 5.11 Å². The van der Waals surface area contributed by atoms with Crippen molar-refractivity contribution in [2.45, 2.75) is 37.7 Å². The van der Waals surface area contributed by atoms with Crippen molar-refractivity contribution in [3.05, 3.63) is 54.1 Å². The number of aliphatic hydroxyl groups excluding tert-OH is 1. The van der Waals surface area contributed by atoms with Gasteiger partial charge in [0, 0.05) is 5.92 Å². The van der Waals surface area contributed by atoms with Crippen molar-refractivity contribution in [1.29, 1.82) is 0 Å². The maximum atomic E-state index is 10.3. The van der Waals surface area contributed by atoms with Crippen LogP contribution in [0.15, 0.2) is 48.5 Å². The molecule has 2 aromatic carbocycles. The summed E-state index contributed by atoms with van der Waals surface area (Å²) in [6, 6.07) is 16.1. The summed E-state index contributed by atoms with van der Waals surface area (Å²) in [4.78, 5) is 1.68. The summed E-state index contributed by atoms with van der Waals surface area (Å²) < 4.78 is 0. The fourth-order valence-corrected chi connectivity index (χ4v) is 3.36. The Hall–Kier alpha value is -2.20. The van der Waals surface area contributed by atoms with Crippen molar-refractivity contribution in [2.24, 2.45) is 0 Å². The Balaban J connectivity index is 1.71. The standard InChI is InChI=1S/C18H19N3O/c22-18-11-4-1-8-15(18)13-6-5-7-14(12-13)21-19-16-9-2-3-10-17(16)20-21/h2-3,5-7,9-10,12,15,18,22H,1,4,8,11H2. The van der Waals surface area contributed by atoms with Crippen molar-refractivity contribution in [3.8, 4) is 5.69 Å². The largest absolute Gasteiger partial charge is 0.392 e. The molecule has 22 heavy (non-hydrogen) atoms. The van der Waals surface area contributed by atoms with Crippen molar-refractivity contribution in [2.75, 3.05) is 0 Å². The lowest BCUT2D eigenvalue weighted by molar-refractivity contribution is 0.106. The highest BCUT2D eigenvalue weighted by molar-refractivity contribution is 5.73. The van der Waals surface area contributed by atoms with Gasteiger partial charge in [0.15, 0.2) is 0 Å². The first-order valence-electron chi connectivity index (χ1n) is 7.92. The molecule has 1 saturated carbocycles. The lowest BCUT2D eigenvalue weighted by Crippen LogP contribution is -2.22. The fourth-order valence-electron chi connectivity index (χ4n) is 3.36. The van der Waals surface area contributed by atoms with Gasteiger partial charge in [0.05, 0.1) is 11.8 Å². The Morgan fingerprint density at radius 2 is 1.64 bits per heavy atom. The molecule has 4 nitrogen and oxygen atoms in total. The highest BCUT2D eigenvalue weighted by Crippen LogP contribution is 2.33. The molecule has 0 bridgehead atoms. The van der Waals surface area contributed by atoms with Crippen molar-refractivity contribution >= 4 is 11.0 Å². The van der Waals surface area contributed by atoms with Crippen LogP contribution in [0.5, 0.6) is 0 Å². The Labute approximate surface area is 129 Å². The number of benzene rings is 2. The number of aliphatic hydroxyl groups is 1. The first-order valence-corrected chi connectivity index (χ1v) is 7.92. The fraction of sp³-hybridized carbons (Fsp3) is 0.333. The predicted molar refractivity (Wildman–Crippen MR) is 86.1 cm³/mol. The molecule has 1 aromatic heterocycles. The number of hydrogen-bond acceptors (Lipinski definition) is 3. The zero-order valence-electron chi connectivity index (χ0n) is 12.4. The third-order valence-electron chi connectivity index (χ3n) is 4.55. The van der Waals surface area contributed by atoms with Crippen LogP contribution in [-0.4, -0.2) is 26.2 Å². The van der Waals surface area contributed by atoms with Crippen LogP contribution >= 0.6 is 0 Å². The normalized spacial score (nSPS) is 22.0. The van der Waals surface area contributed by atoms with Crippen molar-refractivity contribution in [1.82, 2.24) is 15.0 Å². The molecule has 0 spiro atoms. The molecule has 1 N–H and O–H groups in total. The van der Waals surface area contributed by atoms with Crippen molar-refractivity contribution < 1.29 is 5.11 Å². The van der Waals surface area contributed by atoms with Crippen LogP contribution in [0.2, 0.25) is 0 Å². The lowest BCUT2D eigenvalue weighted by atomic mass is 9.82. The van der Waals surface area contributed by atoms with Gasteiger partial charge in [-0.25, -0.2) is 0 Å². The summed E-state index contributed by atoms with van der Waals surface area (Å²) in [7, 11) is 0. The molecule has 4 heteroatoms. The molecule has 1 aliphatic carbocycles. The van der Waals surface area contributed by atoms with Gasteiger partial charge in [-0.15, -0.1) is 10.2 Å². The van der Waals surface area contributed by atoms with E-state index in [1.807, 2.05) is 36.4 Å². The molecule has 1 fully saturated rings. The van der Waals surface area contributed by atoms with E-state index in [1.165, 1.54) is 12.0 Å². The van der Waals surface area contributed by atoms with Crippen LogP contribution in [0.4, 0.5) is 0 Å². The van der Waals surface area contributed by atoms with Gasteiger partial charge in [-0.1, -0.05) is 37.1 Å². The molecule has 0 saturated heterocycles. The Morgan fingerprint density at radius 3 is 2.36 bits per heavy atom. The van der Waals surface area contributed by atoms with E-state index in [2.05, 4.69) is 22.3 Å². The molecule has 0 radical (unpaired) electrons. The van der Waals surface area contributed by atoms with E-state index in [0.29, 0.717) is 0 Å². The SMILES string of the molecule is OC1CCCCC1c1cccc(-n2nc3ccccc3n2)c1. The van der Waals surface area contributed by atoms with Gasteiger partial charge in [0.25, 0.3) is 0 Å². The van der Waals surface area contributed by atoms with Gasteiger partial charge in [0.1, 0.15) is 11.0 Å². The minimum Gasteiger partial charge on any atom is -0.392 e. The van der Waals surface area contributed by atoms with Gasteiger partial charge in [-0.2, -0.15) is 4.80 Å². The van der Waals surface area contributed by atoms with Crippen molar-refractivity contribution in [3.63, 3.8) is 0 Å². The second kappa shape index (κ2) is 5.54. The first-order chi connectivity index (χ1) is 10.8. The van der Waals surface area contributed by atoms with Crippen LogP contribution in [0.3, 0.4) is 0 Å². The van der Waals surface area contributed by atoms with E-state index >= 15 is 0 Å². The third kappa shape index (κ3) is 2.40. The van der Waals surface area contributed by atoms with Crippen LogP contribution in [-0.2, 0) is 0 Å². The van der Waals surface area contributed by atoms with Crippen LogP contribution in [0, 0.1) is 0 Å². The Kier molecular flexibility index (Phi) is 3.39. The molecule has 0 amide bonds. The smallest absolute Gasteiger partial charge is 0.113 e. The van der Waals surface area contributed by atoms with Gasteiger partial charge in [0.2, 0.25) is 0 Å². The van der Waals surface area contributed by atoms with E-state index in [1.54, 1.807) is 4.80 Å². The average molecular weight is 293 g/mol. The van der Waals surface area contributed by atoms with E-state index < -0.39 is 0 Å². The highest BCUT2D eigenvalue weighted by atomic mass is 16.3. The summed E-state index contributed by atoms with van der Waals surface area (Å²) in [6.07, 6.45) is 4.05. The van der Waals surface area contributed by atoms with Gasteiger partial charge >= 0.3 is 0 Å². The molecule has 0 aliphatic heterocycles. The predicted octanol–water partition coefficient (Wildman–Crippen LogP) is 3.44. The number of aromatic nitrogens is 3. The minimum absolute atomic E-state index is 0.228. The van der Waals surface area contributed by atoms with E-state index in [4.69, 9.17) is 0 Å². The van der Waals surface area contributed by atoms with E-state index in [9.17, 15) is 5.11 Å². The minimum atomic E-state index is -0.228. The quantitative estimate of drug-likeness (QED) is 0.787. The Bertz CT molecular complexity index is 763. The zero-order valence-corrected chi connectivity index (χ0v) is 12.4. The number of rotatable bonds is 2. The summed E-state index contributed by atoms with van der Waals surface area (Å²) in [6.45, 7) is 0.